The number of rotatable bonds is 5. The van der Waals surface area contributed by atoms with Crippen molar-refractivity contribution in [2.24, 2.45) is 0 Å². The van der Waals surface area contributed by atoms with Crippen molar-refractivity contribution in [1.82, 2.24) is 30.1 Å². The second-order valence-corrected chi connectivity index (χ2v) is 9.38. The normalized spacial score (nSPS) is 16.6. The van der Waals surface area contributed by atoms with Gasteiger partial charge in [0.2, 0.25) is 11.1 Å². The minimum atomic E-state index is 0.0797. The van der Waals surface area contributed by atoms with Gasteiger partial charge in [-0.05, 0) is 59.7 Å². The number of fused-ring (bicyclic) bond motifs is 1. The number of carbonyl (C=O) groups excluding carboxylic acids is 1. The SMILES string of the molecule is O=C(CSc1nnnn1-c1ccc(O)cc1)N1CCC[C@@H](c2nc3ccccc3s2)C1. The molecule has 1 N–H and O–H groups in total. The zero-order valence-corrected chi connectivity index (χ0v) is 18.2. The van der Waals surface area contributed by atoms with Gasteiger partial charge in [-0.2, -0.15) is 4.68 Å². The van der Waals surface area contributed by atoms with Gasteiger partial charge in [0, 0.05) is 19.0 Å². The Kier molecular flexibility index (Phi) is 5.56. The molecule has 3 heterocycles. The quantitative estimate of drug-likeness (QED) is 0.463. The van der Waals surface area contributed by atoms with Crippen molar-refractivity contribution < 1.29 is 9.90 Å². The average molecular weight is 453 g/mol. The van der Waals surface area contributed by atoms with Gasteiger partial charge in [0.1, 0.15) is 5.75 Å². The number of amides is 1. The van der Waals surface area contributed by atoms with E-state index in [1.165, 1.54) is 16.5 Å². The average Bonchev–Trinajstić information content (AvgIpc) is 3.45. The lowest BCUT2D eigenvalue weighted by Gasteiger charge is -2.31. The summed E-state index contributed by atoms with van der Waals surface area (Å²) in [6.07, 6.45) is 2.03. The zero-order valence-electron chi connectivity index (χ0n) is 16.6. The standard InChI is InChI=1S/C21H20N6O2S2/c28-16-9-7-15(8-10-16)27-21(23-24-25-27)30-13-19(29)26-11-3-4-14(12-26)20-22-17-5-1-2-6-18(17)31-20/h1-2,5-10,14,28H,3-4,11-13H2/t14-/m1/s1. The second kappa shape index (κ2) is 8.64. The molecule has 1 aliphatic heterocycles. The minimum absolute atomic E-state index is 0.0797. The molecule has 1 aliphatic rings. The molecule has 0 aliphatic carbocycles. The van der Waals surface area contributed by atoms with Crippen LogP contribution in [0.4, 0.5) is 0 Å². The predicted octanol–water partition coefficient (Wildman–Crippen LogP) is 3.48. The molecule has 0 unspecified atom stereocenters. The molecule has 2 aromatic heterocycles. The van der Waals surface area contributed by atoms with Crippen LogP contribution in [0.15, 0.2) is 53.7 Å². The van der Waals surface area contributed by atoms with Crippen molar-refractivity contribution in [2.45, 2.75) is 23.9 Å². The van der Waals surface area contributed by atoms with Gasteiger partial charge < -0.3 is 10.0 Å². The van der Waals surface area contributed by atoms with Crippen LogP contribution in [0.25, 0.3) is 15.9 Å². The Morgan fingerprint density at radius 3 is 2.87 bits per heavy atom. The maximum Gasteiger partial charge on any atom is 0.233 e. The maximum absolute atomic E-state index is 12.9. The van der Waals surface area contributed by atoms with E-state index < -0.39 is 0 Å². The van der Waals surface area contributed by atoms with Gasteiger partial charge in [0.15, 0.2) is 0 Å². The highest BCUT2D eigenvalue weighted by molar-refractivity contribution is 7.99. The summed E-state index contributed by atoms with van der Waals surface area (Å²) in [6.45, 7) is 1.46. The van der Waals surface area contributed by atoms with Crippen molar-refractivity contribution >= 4 is 39.2 Å². The van der Waals surface area contributed by atoms with Gasteiger partial charge in [-0.15, -0.1) is 16.4 Å². The number of hydrogen-bond acceptors (Lipinski definition) is 8. The van der Waals surface area contributed by atoms with Crippen LogP contribution in [0.1, 0.15) is 23.8 Å². The molecular weight excluding hydrogens is 432 g/mol. The number of thiazole rings is 1. The van der Waals surface area contributed by atoms with Crippen LogP contribution in [0.2, 0.25) is 0 Å². The Labute approximate surface area is 186 Å². The van der Waals surface area contributed by atoms with E-state index in [9.17, 15) is 9.90 Å². The highest BCUT2D eigenvalue weighted by atomic mass is 32.2. The third-order valence-electron chi connectivity index (χ3n) is 5.29. The van der Waals surface area contributed by atoms with Gasteiger partial charge in [-0.1, -0.05) is 23.9 Å². The summed E-state index contributed by atoms with van der Waals surface area (Å²) in [4.78, 5) is 19.6. The molecule has 8 nitrogen and oxygen atoms in total. The number of thioether (sulfide) groups is 1. The number of aromatic nitrogens is 5. The van der Waals surface area contributed by atoms with E-state index >= 15 is 0 Å². The van der Waals surface area contributed by atoms with Crippen molar-refractivity contribution in [2.75, 3.05) is 18.8 Å². The maximum atomic E-state index is 12.9. The molecule has 1 saturated heterocycles. The first-order chi connectivity index (χ1) is 15.2. The Morgan fingerprint density at radius 1 is 1.19 bits per heavy atom. The van der Waals surface area contributed by atoms with E-state index in [0.717, 1.165) is 35.6 Å². The lowest BCUT2D eigenvalue weighted by atomic mass is 9.99. The van der Waals surface area contributed by atoms with Crippen molar-refractivity contribution in [3.05, 3.63) is 53.5 Å². The number of phenols is 1. The van der Waals surface area contributed by atoms with Crippen LogP contribution in [0.3, 0.4) is 0 Å². The molecule has 31 heavy (non-hydrogen) atoms. The fourth-order valence-corrected chi connectivity index (χ4v) is 5.60. The topological polar surface area (TPSA) is 97.0 Å². The number of piperidine rings is 1. The number of hydrogen-bond donors (Lipinski definition) is 1. The summed E-state index contributed by atoms with van der Waals surface area (Å²) in [7, 11) is 0. The van der Waals surface area contributed by atoms with E-state index in [0.29, 0.717) is 11.7 Å². The third kappa shape index (κ3) is 4.26. The van der Waals surface area contributed by atoms with Gasteiger partial charge in [0.05, 0.1) is 26.7 Å². The number of benzene rings is 2. The molecule has 1 amide bonds. The Hall–Kier alpha value is -2.98. The van der Waals surface area contributed by atoms with Crippen LogP contribution < -0.4 is 0 Å². The molecular formula is C21H20N6O2S2. The molecule has 1 atom stereocenters. The molecule has 0 bridgehead atoms. The largest absolute Gasteiger partial charge is 0.508 e. The fourth-order valence-electron chi connectivity index (χ4n) is 3.71. The van der Waals surface area contributed by atoms with E-state index in [1.54, 1.807) is 40.3 Å². The number of aromatic hydroxyl groups is 1. The van der Waals surface area contributed by atoms with Crippen LogP contribution in [0.5, 0.6) is 5.75 Å². The highest BCUT2D eigenvalue weighted by Gasteiger charge is 2.27. The van der Waals surface area contributed by atoms with Crippen molar-refractivity contribution in [3.63, 3.8) is 0 Å². The predicted molar refractivity (Wildman–Crippen MR) is 120 cm³/mol. The smallest absolute Gasteiger partial charge is 0.233 e. The monoisotopic (exact) mass is 452 g/mol. The second-order valence-electron chi connectivity index (χ2n) is 7.38. The zero-order chi connectivity index (χ0) is 21.2. The van der Waals surface area contributed by atoms with Crippen LogP contribution in [-0.2, 0) is 4.79 Å². The molecule has 158 valence electrons. The third-order valence-corrected chi connectivity index (χ3v) is 7.40. The van der Waals surface area contributed by atoms with Gasteiger partial charge in [-0.3, -0.25) is 4.79 Å². The first kappa shape index (κ1) is 20.0. The van der Waals surface area contributed by atoms with Gasteiger partial charge in [0.25, 0.3) is 0 Å². The van der Waals surface area contributed by atoms with Crippen molar-refractivity contribution in [3.8, 4) is 11.4 Å². The van der Waals surface area contributed by atoms with Crippen LogP contribution in [0, 0.1) is 0 Å². The molecule has 0 saturated carbocycles. The minimum Gasteiger partial charge on any atom is -0.508 e. The summed E-state index contributed by atoms with van der Waals surface area (Å²) in [6, 6.07) is 14.8. The highest BCUT2D eigenvalue weighted by Crippen LogP contribution is 2.33. The fraction of sp³-hybridized carbons (Fsp3) is 0.286. The molecule has 0 spiro atoms. The number of para-hydroxylation sites is 1. The Morgan fingerprint density at radius 2 is 2.03 bits per heavy atom. The molecule has 4 aromatic rings. The number of likely N-dealkylation sites (tertiary alicyclic amines) is 1. The number of phenolic OH excluding ortho intramolecular Hbond substituents is 1. The lowest BCUT2D eigenvalue weighted by molar-refractivity contribution is -0.129. The molecule has 10 heteroatoms. The summed E-state index contributed by atoms with van der Waals surface area (Å²) in [5, 5.41) is 22.9. The Bertz CT molecular complexity index is 1170. The molecule has 1 fully saturated rings. The first-order valence-electron chi connectivity index (χ1n) is 10.0. The van der Waals surface area contributed by atoms with Gasteiger partial charge in [-0.25, -0.2) is 4.98 Å². The molecule has 5 rings (SSSR count). The summed E-state index contributed by atoms with van der Waals surface area (Å²) in [5.74, 6) is 0.804. The number of tetrazole rings is 1. The molecule has 2 aromatic carbocycles. The van der Waals surface area contributed by atoms with Crippen molar-refractivity contribution in [1.29, 1.82) is 0 Å². The lowest BCUT2D eigenvalue weighted by Crippen LogP contribution is -2.40. The van der Waals surface area contributed by atoms with E-state index in [4.69, 9.17) is 4.98 Å². The van der Waals surface area contributed by atoms with Gasteiger partial charge >= 0.3 is 0 Å². The van der Waals surface area contributed by atoms with Crippen LogP contribution in [-0.4, -0.2) is 59.9 Å². The summed E-state index contributed by atoms with van der Waals surface area (Å²) in [5.41, 5.74) is 1.76. The van der Waals surface area contributed by atoms with Crippen LogP contribution >= 0.6 is 23.1 Å². The summed E-state index contributed by atoms with van der Waals surface area (Å²) < 4.78 is 2.76. The Balaban J connectivity index is 1.24. The van der Waals surface area contributed by atoms with E-state index in [2.05, 4.69) is 21.6 Å². The summed E-state index contributed by atoms with van der Waals surface area (Å²) >= 11 is 3.04. The van der Waals surface area contributed by atoms with E-state index in [-0.39, 0.29) is 23.3 Å². The van der Waals surface area contributed by atoms with E-state index in [1.807, 2.05) is 23.1 Å². The number of nitrogens with zero attached hydrogens (tertiary/aromatic N) is 6. The number of carbonyl (C=O) groups is 1. The first-order valence-corrected chi connectivity index (χ1v) is 11.8. The molecule has 0 radical (unpaired) electrons.